The van der Waals surface area contributed by atoms with Crippen LogP contribution in [0.2, 0.25) is 0 Å². The summed E-state index contributed by atoms with van der Waals surface area (Å²) in [5, 5.41) is 0. The van der Waals surface area contributed by atoms with Crippen LogP contribution in [-0.2, 0) is 0 Å². The summed E-state index contributed by atoms with van der Waals surface area (Å²) in [5.41, 5.74) is 1.80. The van der Waals surface area contributed by atoms with E-state index in [1.54, 1.807) is 6.08 Å². The summed E-state index contributed by atoms with van der Waals surface area (Å²) < 4.78 is 1.04. The monoisotopic (exact) mass is 324 g/mol. The van der Waals surface area contributed by atoms with Crippen LogP contribution in [-0.4, -0.2) is 0 Å². The third kappa shape index (κ3) is 7.57. The lowest BCUT2D eigenvalue weighted by molar-refractivity contribution is 0.199. The van der Waals surface area contributed by atoms with Crippen molar-refractivity contribution in [1.29, 1.82) is 0 Å². The molecule has 0 aromatic rings. The third-order valence-electron chi connectivity index (χ3n) is 3.08. The molecule has 0 aliphatic carbocycles. The Morgan fingerprint density at radius 3 is 1.95 bits per heavy atom. The Bertz CT molecular complexity index is 369. The van der Waals surface area contributed by atoms with Crippen LogP contribution < -0.4 is 0 Å². The van der Waals surface area contributed by atoms with Crippen molar-refractivity contribution < 1.29 is 0 Å². The van der Waals surface area contributed by atoms with E-state index in [9.17, 15) is 0 Å². The standard InChI is InChI=1S/C18H29Br/c1-9-11-15(19)12-14(10-2)16(18(6,7)8)13-17(3,4)5/h9-12,16H,1-2,13H2,3-8H3/b14-12+,15-11+. The second-order valence-electron chi connectivity index (χ2n) is 7.32. The Morgan fingerprint density at radius 2 is 1.63 bits per heavy atom. The first-order valence-corrected chi connectivity index (χ1v) is 7.63. The van der Waals surface area contributed by atoms with Gasteiger partial charge in [0.05, 0.1) is 0 Å². The summed E-state index contributed by atoms with van der Waals surface area (Å²) in [6.07, 6.45) is 9.04. The molecule has 0 aliphatic rings. The van der Waals surface area contributed by atoms with Gasteiger partial charge in [-0.15, -0.1) is 0 Å². The van der Waals surface area contributed by atoms with Crippen molar-refractivity contribution in [3.8, 4) is 0 Å². The third-order valence-corrected chi connectivity index (χ3v) is 3.57. The van der Waals surface area contributed by atoms with Gasteiger partial charge in [-0.3, -0.25) is 0 Å². The van der Waals surface area contributed by atoms with Crippen molar-refractivity contribution in [3.63, 3.8) is 0 Å². The molecule has 0 N–H and O–H groups in total. The van der Waals surface area contributed by atoms with Crippen LogP contribution in [0.1, 0.15) is 48.0 Å². The van der Waals surface area contributed by atoms with E-state index in [-0.39, 0.29) is 5.41 Å². The average molecular weight is 325 g/mol. The zero-order valence-electron chi connectivity index (χ0n) is 13.4. The van der Waals surface area contributed by atoms with E-state index in [0.717, 1.165) is 10.9 Å². The van der Waals surface area contributed by atoms with E-state index in [2.05, 4.69) is 76.7 Å². The number of allylic oxidation sites excluding steroid dienone is 6. The molecule has 0 saturated carbocycles. The quantitative estimate of drug-likeness (QED) is 0.496. The summed E-state index contributed by atoms with van der Waals surface area (Å²) in [7, 11) is 0. The molecule has 0 saturated heterocycles. The van der Waals surface area contributed by atoms with E-state index >= 15 is 0 Å². The topological polar surface area (TPSA) is 0 Å². The Kier molecular flexibility index (Phi) is 7.07. The second-order valence-corrected chi connectivity index (χ2v) is 8.23. The highest BCUT2D eigenvalue weighted by Gasteiger charge is 2.30. The Hall–Kier alpha value is -0.560. The van der Waals surface area contributed by atoms with Gasteiger partial charge in [0.1, 0.15) is 0 Å². The molecule has 0 spiro atoms. The molecule has 0 nitrogen and oxygen atoms in total. The molecule has 0 aliphatic heterocycles. The molecule has 19 heavy (non-hydrogen) atoms. The normalized spacial score (nSPS) is 16.2. The van der Waals surface area contributed by atoms with Crippen LogP contribution in [0.3, 0.4) is 0 Å². The average Bonchev–Trinajstić information content (AvgIpc) is 2.20. The summed E-state index contributed by atoms with van der Waals surface area (Å²) >= 11 is 3.56. The second kappa shape index (κ2) is 7.28. The maximum Gasteiger partial charge on any atom is 0.0177 e. The van der Waals surface area contributed by atoms with Crippen molar-refractivity contribution in [2.24, 2.45) is 16.7 Å². The van der Waals surface area contributed by atoms with Crippen molar-refractivity contribution in [2.75, 3.05) is 0 Å². The molecule has 1 atom stereocenters. The van der Waals surface area contributed by atoms with Gasteiger partial charge < -0.3 is 0 Å². The summed E-state index contributed by atoms with van der Waals surface area (Å²) in [6.45, 7) is 21.5. The summed E-state index contributed by atoms with van der Waals surface area (Å²) in [6, 6.07) is 0. The maximum atomic E-state index is 4.00. The summed E-state index contributed by atoms with van der Waals surface area (Å²) in [4.78, 5) is 0. The minimum atomic E-state index is 0.217. The molecule has 0 bridgehead atoms. The minimum Gasteiger partial charge on any atom is -0.0990 e. The SMILES string of the molecule is C=C/C=C(Br)\C=C(/C=C)C(CC(C)(C)C)C(C)(C)C. The van der Waals surface area contributed by atoms with Crippen LogP contribution in [0.4, 0.5) is 0 Å². The van der Waals surface area contributed by atoms with Crippen molar-refractivity contribution >= 4 is 15.9 Å². The fourth-order valence-corrected chi connectivity index (χ4v) is 2.61. The maximum absolute atomic E-state index is 4.00. The lowest BCUT2D eigenvalue weighted by atomic mass is 9.68. The lowest BCUT2D eigenvalue weighted by Crippen LogP contribution is -2.26. The molecule has 0 amide bonds. The smallest absolute Gasteiger partial charge is 0.0177 e. The van der Waals surface area contributed by atoms with Gasteiger partial charge in [0, 0.05) is 4.48 Å². The van der Waals surface area contributed by atoms with Crippen LogP contribution >= 0.6 is 15.9 Å². The van der Waals surface area contributed by atoms with Crippen LogP contribution in [0.5, 0.6) is 0 Å². The summed E-state index contributed by atoms with van der Waals surface area (Å²) in [5.74, 6) is 0.482. The molecule has 0 heterocycles. The van der Waals surface area contributed by atoms with Crippen LogP contribution in [0.25, 0.3) is 0 Å². The molecule has 0 rings (SSSR count). The number of hydrogen-bond acceptors (Lipinski definition) is 0. The molecule has 1 unspecified atom stereocenters. The van der Waals surface area contributed by atoms with E-state index in [0.29, 0.717) is 11.3 Å². The van der Waals surface area contributed by atoms with E-state index in [1.807, 2.05) is 12.2 Å². The van der Waals surface area contributed by atoms with E-state index in [4.69, 9.17) is 0 Å². The van der Waals surface area contributed by atoms with Crippen LogP contribution in [0, 0.1) is 16.7 Å². The molecule has 0 fully saturated rings. The molecular weight excluding hydrogens is 296 g/mol. The lowest BCUT2D eigenvalue weighted by Gasteiger charge is -2.36. The predicted octanol–water partition coefficient (Wildman–Crippen LogP) is 6.66. The molecule has 108 valence electrons. The van der Waals surface area contributed by atoms with Gasteiger partial charge in [0.15, 0.2) is 0 Å². The first-order chi connectivity index (χ1) is 8.51. The highest BCUT2D eigenvalue weighted by Crippen LogP contribution is 2.41. The van der Waals surface area contributed by atoms with Crippen molar-refractivity contribution in [2.45, 2.75) is 48.0 Å². The molecule has 1 heteroatoms. The number of hydrogen-bond donors (Lipinski definition) is 0. The van der Waals surface area contributed by atoms with E-state index in [1.165, 1.54) is 5.57 Å². The van der Waals surface area contributed by atoms with Crippen molar-refractivity contribution in [1.82, 2.24) is 0 Å². The van der Waals surface area contributed by atoms with Gasteiger partial charge in [-0.25, -0.2) is 0 Å². The van der Waals surface area contributed by atoms with Crippen molar-refractivity contribution in [3.05, 3.63) is 47.5 Å². The fourth-order valence-electron chi connectivity index (χ4n) is 2.16. The van der Waals surface area contributed by atoms with Gasteiger partial charge in [-0.1, -0.05) is 82.8 Å². The minimum absolute atomic E-state index is 0.217. The first kappa shape index (κ1) is 18.4. The molecule has 0 aromatic carbocycles. The van der Waals surface area contributed by atoms with Gasteiger partial charge in [0.25, 0.3) is 0 Å². The Labute approximate surface area is 128 Å². The molecule has 0 radical (unpaired) electrons. The zero-order valence-corrected chi connectivity index (χ0v) is 15.0. The van der Waals surface area contributed by atoms with Gasteiger partial charge >= 0.3 is 0 Å². The zero-order chi connectivity index (χ0) is 15.3. The van der Waals surface area contributed by atoms with Gasteiger partial charge in [-0.2, -0.15) is 0 Å². The van der Waals surface area contributed by atoms with Gasteiger partial charge in [-0.05, 0) is 40.9 Å². The Balaban J connectivity index is 5.50. The highest BCUT2D eigenvalue weighted by molar-refractivity contribution is 9.11. The van der Waals surface area contributed by atoms with E-state index < -0.39 is 0 Å². The largest absolute Gasteiger partial charge is 0.0990 e. The molecular formula is C18H29Br. The Morgan fingerprint density at radius 1 is 1.11 bits per heavy atom. The fraction of sp³-hybridized carbons (Fsp3) is 0.556. The predicted molar refractivity (Wildman–Crippen MR) is 92.5 cm³/mol. The molecule has 0 aromatic heterocycles. The first-order valence-electron chi connectivity index (χ1n) is 6.83. The van der Waals surface area contributed by atoms with Crippen LogP contribution in [0.15, 0.2) is 47.5 Å². The van der Waals surface area contributed by atoms with Gasteiger partial charge in [0.2, 0.25) is 0 Å². The highest BCUT2D eigenvalue weighted by atomic mass is 79.9. The number of rotatable bonds is 5. The number of halogens is 1.